The van der Waals surface area contributed by atoms with Crippen LogP contribution in [0.2, 0.25) is 0 Å². The summed E-state index contributed by atoms with van der Waals surface area (Å²) >= 11 is 1.32. The van der Waals surface area contributed by atoms with Crippen molar-refractivity contribution in [3.63, 3.8) is 0 Å². The summed E-state index contributed by atoms with van der Waals surface area (Å²) in [5.41, 5.74) is 3.58. The Kier molecular flexibility index (Phi) is 6.28. The first kappa shape index (κ1) is 20.6. The first-order valence-electron chi connectivity index (χ1n) is 9.63. The van der Waals surface area contributed by atoms with E-state index in [1.807, 2.05) is 72.2 Å². The first-order chi connectivity index (χ1) is 15.1. The summed E-state index contributed by atoms with van der Waals surface area (Å²) in [4.78, 5) is 16.6. The van der Waals surface area contributed by atoms with E-state index in [9.17, 15) is 4.79 Å². The van der Waals surface area contributed by atoms with E-state index in [1.54, 1.807) is 19.5 Å². The second-order valence-corrected chi connectivity index (χ2v) is 7.73. The minimum Gasteiger partial charge on any atom is -0.497 e. The molecular formula is C23H21N5O2S. The van der Waals surface area contributed by atoms with Crippen LogP contribution in [0.3, 0.4) is 0 Å². The molecule has 0 aliphatic rings. The molecule has 1 amide bonds. The molecule has 0 spiro atoms. The average Bonchev–Trinajstić information content (AvgIpc) is 3.22. The van der Waals surface area contributed by atoms with Crippen LogP contribution in [-0.2, 0) is 4.79 Å². The van der Waals surface area contributed by atoms with Crippen LogP contribution in [0.1, 0.15) is 5.56 Å². The van der Waals surface area contributed by atoms with Gasteiger partial charge in [0.2, 0.25) is 5.91 Å². The van der Waals surface area contributed by atoms with Crippen molar-refractivity contribution in [2.75, 3.05) is 18.2 Å². The molecule has 8 heteroatoms. The van der Waals surface area contributed by atoms with E-state index in [0.29, 0.717) is 11.0 Å². The number of hydrogen-bond acceptors (Lipinski definition) is 6. The molecule has 4 aromatic rings. The zero-order valence-corrected chi connectivity index (χ0v) is 18.0. The van der Waals surface area contributed by atoms with E-state index < -0.39 is 0 Å². The van der Waals surface area contributed by atoms with Gasteiger partial charge in [-0.15, -0.1) is 10.2 Å². The van der Waals surface area contributed by atoms with Crippen molar-refractivity contribution in [3.8, 4) is 22.8 Å². The minimum absolute atomic E-state index is 0.110. The van der Waals surface area contributed by atoms with Gasteiger partial charge in [-0.2, -0.15) is 0 Å². The zero-order valence-electron chi connectivity index (χ0n) is 17.1. The van der Waals surface area contributed by atoms with Gasteiger partial charge < -0.3 is 10.1 Å². The molecule has 0 saturated carbocycles. The maximum Gasteiger partial charge on any atom is 0.234 e. The Labute approximate surface area is 184 Å². The molecular weight excluding hydrogens is 410 g/mol. The number of rotatable bonds is 7. The Morgan fingerprint density at radius 2 is 1.87 bits per heavy atom. The van der Waals surface area contributed by atoms with Crippen molar-refractivity contribution in [3.05, 3.63) is 78.6 Å². The van der Waals surface area contributed by atoms with Gasteiger partial charge >= 0.3 is 0 Å². The predicted octanol–water partition coefficient (Wildman–Crippen LogP) is 4.38. The highest BCUT2D eigenvalue weighted by molar-refractivity contribution is 7.99. The van der Waals surface area contributed by atoms with E-state index in [-0.39, 0.29) is 11.7 Å². The van der Waals surface area contributed by atoms with E-state index in [0.717, 1.165) is 28.3 Å². The zero-order chi connectivity index (χ0) is 21.6. The third kappa shape index (κ3) is 4.92. The number of thioether (sulfide) groups is 1. The number of nitrogens with zero attached hydrogens (tertiary/aromatic N) is 4. The average molecular weight is 432 g/mol. The van der Waals surface area contributed by atoms with E-state index >= 15 is 0 Å². The summed E-state index contributed by atoms with van der Waals surface area (Å²) in [6.07, 6.45) is 3.42. The summed E-state index contributed by atoms with van der Waals surface area (Å²) < 4.78 is 7.30. The van der Waals surface area contributed by atoms with Crippen molar-refractivity contribution in [2.24, 2.45) is 0 Å². The van der Waals surface area contributed by atoms with Gasteiger partial charge in [0, 0.05) is 29.7 Å². The standard InChI is InChI=1S/C23H21N5O2S/c1-16-5-3-6-18(13-16)25-21(29)15-31-23-27-26-22(17-9-11-24-12-10-17)28(23)19-7-4-8-20(14-19)30-2/h3-14H,15H2,1-2H3,(H,25,29). The lowest BCUT2D eigenvalue weighted by Gasteiger charge is -2.11. The summed E-state index contributed by atoms with van der Waals surface area (Å²) in [5, 5.41) is 12.3. The number of aromatic nitrogens is 4. The van der Waals surface area contributed by atoms with E-state index in [2.05, 4.69) is 20.5 Å². The van der Waals surface area contributed by atoms with Gasteiger partial charge in [-0.3, -0.25) is 14.3 Å². The number of benzene rings is 2. The minimum atomic E-state index is -0.110. The lowest BCUT2D eigenvalue weighted by molar-refractivity contribution is -0.113. The maximum atomic E-state index is 12.5. The number of carbonyl (C=O) groups excluding carboxylic acids is 1. The largest absolute Gasteiger partial charge is 0.497 e. The molecule has 1 N–H and O–H groups in total. The van der Waals surface area contributed by atoms with Crippen LogP contribution in [0.15, 0.2) is 78.2 Å². The third-order valence-electron chi connectivity index (χ3n) is 4.52. The SMILES string of the molecule is COc1cccc(-n2c(SCC(=O)Nc3cccc(C)c3)nnc2-c2ccncc2)c1. The Morgan fingerprint density at radius 3 is 2.65 bits per heavy atom. The fraction of sp³-hybridized carbons (Fsp3) is 0.130. The highest BCUT2D eigenvalue weighted by Crippen LogP contribution is 2.29. The molecule has 0 radical (unpaired) electrons. The monoisotopic (exact) mass is 431 g/mol. The molecule has 31 heavy (non-hydrogen) atoms. The quantitative estimate of drug-likeness (QED) is 0.438. The van der Waals surface area contributed by atoms with E-state index in [1.165, 1.54) is 11.8 Å². The lowest BCUT2D eigenvalue weighted by atomic mass is 10.2. The lowest BCUT2D eigenvalue weighted by Crippen LogP contribution is -2.14. The molecule has 0 aliphatic heterocycles. The smallest absolute Gasteiger partial charge is 0.234 e. The molecule has 2 aromatic carbocycles. The maximum absolute atomic E-state index is 12.5. The summed E-state index contributed by atoms with van der Waals surface area (Å²) in [7, 11) is 1.63. The third-order valence-corrected chi connectivity index (χ3v) is 5.45. The second-order valence-electron chi connectivity index (χ2n) is 6.79. The van der Waals surface area contributed by atoms with Gasteiger partial charge in [0.1, 0.15) is 5.75 Å². The van der Waals surface area contributed by atoms with Crippen LogP contribution < -0.4 is 10.1 Å². The van der Waals surface area contributed by atoms with E-state index in [4.69, 9.17) is 4.74 Å². The number of ether oxygens (including phenoxy) is 1. The van der Waals surface area contributed by atoms with Crippen molar-refractivity contribution < 1.29 is 9.53 Å². The van der Waals surface area contributed by atoms with Gasteiger partial charge in [0.25, 0.3) is 0 Å². The number of aryl methyl sites for hydroxylation is 1. The number of nitrogens with one attached hydrogen (secondary N) is 1. The van der Waals surface area contributed by atoms with Gasteiger partial charge in [-0.05, 0) is 48.9 Å². The highest BCUT2D eigenvalue weighted by Gasteiger charge is 2.18. The van der Waals surface area contributed by atoms with Crippen molar-refractivity contribution >= 4 is 23.4 Å². The van der Waals surface area contributed by atoms with Gasteiger partial charge in [0.15, 0.2) is 11.0 Å². The van der Waals surface area contributed by atoms with Crippen LogP contribution in [-0.4, -0.2) is 38.5 Å². The summed E-state index contributed by atoms with van der Waals surface area (Å²) in [6, 6.07) is 19.1. The molecule has 4 rings (SSSR count). The Morgan fingerprint density at radius 1 is 1.06 bits per heavy atom. The number of hydrogen-bond donors (Lipinski definition) is 1. The number of amides is 1. The number of methoxy groups -OCH3 is 1. The normalized spacial score (nSPS) is 10.6. The number of pyridine rings is 1. The van der Waals surface area contributed by atoms with Crippen LogP contribution >= 0.6 is 11.8 Å². The predicted molar refractivity (Wildman–Crippen MR) is 122 cm³/mol. The molecule has 0 atom stereocenters. The van der Waals surface area contributed by atoms with Crippen LogP contribution in [0, 0.1) is 6.92 Å². The second kappa shape index (κ2) is 9.44. The molecule has 0 bridgehead atoms. The van der Waals surface area contributed by atoms with Gasteiger partial charge in [-0.1, -0.05) is 30.0 Å². The summed E-state index contributed by atoms with van der Waals surface area (Å²) in [5.74, 6) is 1.48. The highest BCUT2D eigenvalue weighted by atomic mass is 32.2. The summed E-state index contributed by atoms with van der Waals surface area (Å²) in [6.45, 7) is 1.99. The fourth-order valence-electron chi connectivity index (χ4n) is 3.08. The van der Waals surface area contributed by atoms with Crippen LogP contribution in [0.4, 0.5) is 5.69 Å². The molecule has 7 nitrogen and oxygen atoms in total. The topological polar surface area (TPSA) is 81.9 Å². The molecule has 0 fully saturated rings. The molecule has 0 aliphatic carbocycles. The van der Waals surface area contributed by atoms with Gasteiger partial charge in [0.05, 0.1) is 18.6 Å². The molecule has 2 aromatic heterocycles. The van der Waals surface area contributed by atoms with Crippen LogP contribution in [0.25, 0.3) is 17.1 Å². The Hall–Kier alpha value is -3.65. The Bertz CT molecular complexity index is 1190. The molecule has 2 heterocycles. The van der Waals surface area contributed by atoms with Crippen molar-refractivity contribution in [1.82, 2.24) is 19.7 Å². The molecule has 156 valence electrons. The van der Waals surface area contributed by atoms with Gasteiger partial charge in [-0.25, -0.2) is 0 Å². The Balaban J connectivity index is 1.61. The number of carbonyl (C=O) groups is 1. The van der Waals surface area contributed by atoms with Crippen LogP contribution in [0.5, 0.6) is 5.75 Å². The van der Waals surface area contributed by atoms with Crippen molar-refractivity contribution in [1.29, 1.82) is 0 Å². The molecule has 0 saturated heterocycles. The molecule has 0 unspecified atom stereocenters. The number of anilines is 1. The van der Waals surface area contributed by atoms with Crippen molar-refractivity contribution in [2.45, 2.75) is 12.1 Å². The fourth-order valence-corrected chi connectivity index (χ4v) is 3.84. The first-order valence-corrected chi connectivity index (χ1v) is 10.6.